The largest absolute Gasteiger partial charge is 0.381 e. The Balaban J connectivity index is 1.30. The molecular weight excluding hydrogens is 408 g/mol. The predicted molar refractivity (Wildman–Crippen MR) is 119 cm³/mol. The van der Waals surface area contributed by atoms with Gasteiger partial charge in [-0.15, -0.1) is 0 Å². The quantitative estimate of drug-likeness (QED) is 0.689. The van der Waals surface area contributed by atoms with Gasteiger partial charge < -0.3 is 24.3 Å². The molecule has 4 atom stereocenters. The summed E-state index contributed by atoms with van der Waals surface area (Å²) in [5.41, 5.74) is 1.28. The number of pyridine rings is 1. The van der Waals surface area contributed by atoms with Gasteiger partial charge in [-0.2, -0.15) is 0 Å². The lowest BCUT2D eigenvalue weighted by molar-refractivity contribution is -0.236. The number of aryl methyl sites for hydroxylation is 1. The molecule has 0 aromatic carbocycles. The summed E-state index contributed by atoms with van der Waals surface area (Å²) in [7, 11) is 0. The number of likely N-dealkylation sites (tertiary alicyclic amines) is 1. The van der Waals surface area contributed by atoms with E-state index < -0.39 is 17.6 Å². The molecule has 8 heteroatoms. The number of carbonyl (C=O) groups excluding carboxylic acids is 1. The highest BCUT2D eigenvalue weighted by atomic mass is 16.6. The molecule has 8 nitrogen and oxygen atoms in total. The van der Waals surface area contributed by atoms with Gasteiger partial charge in [0.15, 0.2) is 0 Å². The van der Waals surface area contributed by atoms with Crippen molar-refractivity contribution in [3.63, 3.8) is 0 Å². The minimum atomic E-state index is -0.923. The Morgan fingerprint density at radius 1 is 1.31 bits per heavy atom. The first-order valence-corrected chi connectivity index (χ1v) is 11.6. The summed E-state index contributed by atoms with van der Waals surface area (Å²) in [6.45, 7) is 10.4. The number of carbonyl (C=O) groups is 1. The van der Waals surface area contributed by atoms with Crippen LogP contribution in [0.2, 0.25) is 0 Å². The van der Waals surface area contributed by atoms with E-state index in [-0.39, 0.29) is 23.7 Å². The Kier molecular flexibility index (Phi) is 5.32. The van der Waals surface area contributed by atoms with E-state index in [4.69, 9.17) is 14.5 Å². The van der Waals surface area contributed by atoms with Gasteiger partial charge in [0.05, 0.1) is 17.3 Å². The van der Waals surface area contributed by atoms with Crippen LogP contribution < -0.4 is 5.32 Å². The zero-order valence-corrected chi connectivity index (χ0v) is 19.4. The van der Waals surface area contributed by atoms with Crippen LogP contribution in [0, 0.1) is 24.7 Å². The molecule has 0 radical (unpaired) electrons. The van der Waals surface area contributed by atoms with Gasteiger partial charge in [-0.25, -0.2) is 4.98 Å². The molecule has 2 saturated heterocycles. The van der Waals surface area contributed by atoms with Crippen molar-refractivity contribution >= 4 is 11.4 Å². The molecule has 32 heavy (non-hydrogen) atoms. The number of aliphatic hydroxyl groups excluding tert-OH is 1. The van der Waals surface area contributed by atoms with E-state index in [0.29, 0.717) is 39.1 Å². The van der Waals surface area contributed by atoms with E-state index in [0.717, 1.165) is 16.9 Å². The average molecular weight is 443 g/mol. The van der Waals surface area contributed by atoms with Crippen LogP contribution >= 0.6 is 0 Å². The SMILES string of the molecule is Cc1cccn2c(C3(NC(=O)C4[C@H]5CN(C(O)OC(C)(C)C)C[C@@H]45)CCOCC3)ncc12. The summed E-state index contributed by atoms with van der Waals surface area (Å²) in [4.78, 5) is 20.1. The van der Waals surface area contributed by atoms with Crippen molar-refractivity contribution in [2.75, 3.05) is 26.3 Å². The number of fused-ring (bicyclic) bond motifs is 2. The van der Waals surface area contributed by atoms with Crippen molar-refractivity contribution in [2.45, 2.75) is 58.1 Å². The number of amides is 1. The number of hydrogen-bond donors (Lipinski definition) is 2. The second-order valence-corrected chi connectivity index (χ2v) is 10.6. The second-order valence-electron chi connectivity index (χ2n) is 10.6. The van der Waals surface area contributed by atoms with Gasteiger partial charge in [-0.3, -0.25) is 9.69 Å². The third kappa shape index (κ3) is 3.83. The third-order valence-electron chi connectivity index (χ3n) is 7.22. The van der Waals surface area contributed by atoms with Crippen LogP contribution in [0.3, 0.4) is 0 Å². The molecule has 2 N–H and O–H groups in total. The molecular formula is C24H34N4O4. The molecule has 2 aromatic rings. The van der Waals surface area contributed by atoms with Gasteiger partial charge in [-0.1, -0.05) is 6.07 Å². The number of aliphatic hydroxyl groups is 1. The van der Waals surface area contributed by atoms with Crippen LogP contribution in [0.1, 0.15) is 45.0 Å². The van der Waals surface area contributed by atoms with Gasteiger partial charge in [0, 0.05) is 51.3 Å². The highest BCUT2D eigenvalue weighted by Crippen LogP contribution is 2.52. The minimum Gasteiger partial charge on any atom is -0.381 e. The number of rotatable bonds is 5. The smallest absolute Gasteiger partial charge is 0.224 e. The third-order valence-corrected chi connectivity index (χ3v) is 7.22. The van der Waals surface area contributed by atoms with Gasteiger partial charge in [-0.05, 0) is 51.2 Å². The molecule has 1 aliphatic carbocycles. The molecule has 4 heterocycles. The average Bonchev–Trinajstić information content (AvgIpc) is 3.05. The monoisotopic (exact) mass is 442 g/mol. The van der Waals surface area contributed by atoms with Crippen molar-refractivity contribution in [2.24, 2.45) is 17.8 Å². The molecule has 1 saturated carbocycles. The van der Waals surface area contributed by atoms with Crippen LogP contribution in [0.15, 0.2) is 24.5 Å². The van der Waals surface area contributed by atoms with Gasteiger partial charge in [0.1, 0.15) is 11.4 Å². The lowest BCUT2D eigenvalue weighted by Gasteiger charge is -2.37. The van der Waals surface area contributed by atoms with Crippen molar-refractivity contribution in [3.05, 3.63) is 35.9 Å². The van der Waals surface area contributed by atoms with E-state index in [1.54, 1.807) is 0 Å². The van der Waals surface area contributed by atoms with Gasteiger partial charge in [0.25, 0.3) is 0 Å². The Bertz CT molecular complexity index is 995. The maximum Gasteiger partial charge on any atom is 0.224 e. The minimum absolute atomic E-state index is 0.0132. The number of aromatic nitrogens is 2. The summed E-state index contributed by atoms with van der Waals surface area (Å²) in [5.74, 6) is 1.50. The van der Waals surface area contributed by atoms with E-state index in [2.05, 4.69) is 22.7 Å². The first-order valence-electron chi connectivity index (χ1n) is 11.6. The fourth-order valence-corrected chi connectivity index (χ4v) is 5.48. The standard InChI is InChI=1S/C24H34N4O4/c1-15-6-5-9-28-18(15)12-25-21(28)24(7-10-31-11-8-24)26-20(29)19-16-13-27(14-17(16)19)22(30)32-23(2,3)4/h5-6,9,12,16-17,19,22,30H,7-8,10-11,13-14H2,1-4H3,(H,26,29)/t16-,17+,19?,22?. The number of nitrogens with one attached hydrogen (secondary N) is 1. The van der Waals surface area contributed by atoms with Gasteiger partial charge in [0.2, 0.25) is 12.3 Å². The first-order chi connectivity index (χ1) is 15.2. The first kappa shape index (κ1) is 21.8. The van der Waals surface area contributed by atoms with E-state index >= 15 is 0 Å². The van der Waals surface area contributed by atoms with Crippen LogP contribution in [0.4, 0.5) is 0 Å². The number of hydrogen-bond acceptors (Lipinski definition) is 6. The summed E-state index contributed by atoms with van der Waals surface area (Å²) >= 11 is 0. The molecule has 3 fully saturated rings. The maximum absolute atomic E-state index is 13.4. The Hall–Kier alpha value is -2.00. The number of imidazole rings is 1. The van der Waals surface area contributed by atoms with Crippen molar-refractivity contribution in [1.29, 1.82) is 0 Å². The predicted octanol–water partition coefficient (Wildman–Crippen LogP) is 2.03. The zero-order chi connectivity index (χ0) is 22.7. The van der Waals surface area contributed by atoms with E-state index in [9.17, 15) is 9.90 Å². The molecule has 2 aromatic heterocycles. The fraction of sp³-hybridized carbons (Fsp3) is 0.667. The van der Waals surface area contributed by atoms with Crippen LogP contribution in [-0.2, 0) is 19.8 Å². The Morgan fingerprint density at radius 3 is 2.66 bits per heavy atom. The molecule has 174 valence electrons. The second kappa shape index (κ2) is 7.80. The normalized spacial score (nSPS) is 28.5. The number of ether oxygens (including phenoxy) is 2. The molecule has 1 amide bonds. The van der Waals surface area contributed by atoms with Crippen LogP contribution in [0.5, 0.6) is 0 Å². The topological polar surface area (TPSA) is 88.3 Å². The van der Waals surface area contributed by atoms with Crippen LogP contribution in [-0.4, -0.2) is 63.6 Å². The summed E-state index contributed by atoms with van der Waals surface area (Å²) < 4.78 is 13.4. The van der Waals surface area contributed by atoms with E-state index in [1.807, 2.05) is 44.1 Å². The fourth-order valence-electron chi connectivity index (χ4n) is 5.48. The van der Waals surface area contributed by atoms with Gasteiger partial charge >= 0.3 is 0 Å². The van der Waals surface area contributed by atoms with Crippen LogP contribution in [0.25, 0.3) is 5.52 Å². The lowest BCUT2D eigenvalue weighted by Crippen LogP contribution is -2.52. The molecule has 2 unspecified atom stereocenters. The van der Waals surface area contributed by atoms with Crippen molar-refractivity contribution in [1.82, 2.24) is 19.6 Å². The lowest BCUT2D eigenvalue weighted by atomic mass is 9.88. The van der Waals surface area contributed by atoms with Crippen molar-refractivity contribution in [3.8, 4) is 0 Å². The maximum atomic E-state index is 13.4. The molecule has 0 bridgehead atoms. The summed E-state index contributed by atoms with van der Waals surface area (Å²) in [5, 5.41) is 13.8. The Morgan fingerprint density at radius 2 is 2.00 bits per heavy atom. The molecule has 0 spiro atoms. The highest BCUT2D eigenvalue weighted by molar-refractivity contribution is 5.83. The zero-order valence-electron chi connectivity index (χ0n) is 19.4. The van der Waals surface area contributed by atoms with E-state index in [1.165, 1.54) is 0 Å². The van der Waals surface area contributed by atoms with Crippen molar-refractivity contribution < 1.29 is 19.4 Å². The number of piperidine rings is 1. The number of nitrogens with zero attached hydrogens (tertiary/aromatic N) is 3. The summed E-state index contributed by atoms with van der Waals surface area (Å²) in [6, 6.07) is 4.10. The molecule has 3 aliphatic rings. The highest BCUT2D eigenvalue weighted by Gasteiger charge is 2.61. The Labute approximate surface area is 188 Å². The molecule has 5 rings (SSSR count). The summed E-state index contributed by atoms with van der Waals surface area (Å²) in [6.07, 6.45) is 4.41. The molecule has 2 aliphatic heterocycles.